The molecule has 122 valence electrons. The van der Waals surface area contributed by atoms with E-state index in [9.17, 15) is 19.6 Å². The highest BCUT2D eigenvalue weighted by molar-refractivity contribution is 6.13. The number of rotatable bonds is 3. The predicted molar refractivity (Wildman–Crippen MR) is 89.3 cm³/mol. The van der Waals surface area contributed by atoms with Crippen LogP contribution in [0.15, 0.2) is 41.4 Å². The Morgan fingerprint density at radius 2 is 2.08 bits per heavy atom. The molecule has 0 aliphatic carbocycles. The van der Waals surface area contributed by atoms with Crippen LogP contribution < -0.4 is 5.73 Å². The van der Waals surface area contributed by atoms with Gasteiger partial charge in [-0.05, 0) is 37.3 Å². The topological polar surface area (TPSA) is 118 Å². The quantitative estimate of drug-likeness (QED) is 0.294. The lowest BCUT2D eigenvalue weighted by Gasteiger charge is -2.02. The van der Waals surface area contributed by atoms with E-state index >= 15 is 0 Å². The zero-order valence-electron chi connectivity index (χ0n) is 12.6. The second kappa shape index (κ2) is 5.65. The summed E-state index contributed by atoms with van der Waals surface area (Å²) in [5, 5.41) is 21.6. The number of aromatic nitrogens is 1. The van der Waals surface area contributed by atoms with Crippen molar-refractivity contribution >= 4 is 33.7 Å². The number of nitrogens with two attached hydrogens (primary N) is 1. The molecule has 1 aromatic heterocycles. The van der Waals surface area contributed by atoms with E-state index in [0.29, 0.717) is 27.9 Å². The van der Waals surface area contributed by atoms with Crippen molar-refractivity contribution in [3.63, 3.8) is 0 Å². The Kier molecular flexibility index (Phi) is 3.64. The largest absolute Gasteiger partial charge is 0.494 e. The first-order valence-corrected chi connectivity index (χ1v) is 6.96. The number of hydrogen-bond donors (Lipinski definition) is 3. The van der Waals surface area contributed by atoms with E-state index in [2.05, 4.69) is 9.98 Å². The number of nitro benzene ring substituents is 1. The summed E-state index contributed by atoms with van der Waals surface area (Å²) in [4.78, 5) is 17.1. The van der Waals surface area contributed by atoms with Crippen LogP contribution in [0.2, 0.25) is 0 Å². The number of aromatic amines is 1. The van der Waals surface area contributed by atoms with Crippen molar-refractivity contribution in [3.8, 4) is 5.88 Å². The fourth-order valence-corrected chi connectivity index (χ4v) is 2.52. The standard InChI is InChI=1S/C16H13FN4O3/c1-8(19-10-3-4-12(17)14(7-10)21(23)24)15-11-6-9(18)2-5-13(11)20-16(15)22/h2-7,20,22H,18H2,1H3. The van der Waals surface area contributed by atoms with Gasteiger partial charge in [0.1, 0.15) is 0 Å². The molecule has 24 heavy (non-hydrogen) atoms. The predicted octanol–water partition coefficient (Wildman–Crippen LogP) is 3.64. The Bertz CT molecular complexity index is 994. The smallest absolute Gasteiger partial charge is 0.306 e. The molecule has 1 heterocycles. The first kappa shape index (κ1) is 15.5. The highest BCUT2D eigenvalue weighted by atomic mass is 19.1. The molecule has 0 saturated heterocycles. The second-order valence-electron chi connectivity index (χ2n) is 5.24. The molecular weight excluding hydrogens is 315 g/mol. The van der Waals surface area contributed by atoms with Gasteiger partial charge < -0.3 is 15.8 Å². The highest BCUT2D eigenvalue weighted by Crippen LogP contribution is 2.31. The number of aromatic hydroxyl groups is 1. The van der Waals surface area contributed by atoms with Crippen LogP contribution in [0, 0.1) is 15.9 Å². The number of nitrogen functional groups attached to an aromatic ring is 1. The Hall–Kier alpha value is -3.42. The van der Waals surface area contributed by atoms with E-state index in [-0.39, 0.29) is 11.6 Å². The normalized spacial score (nSPS) is 11.8. The molecule has 0 spiro atoms. The van der Waals surface area contributed by atoms with Gasteiger partial charge in [0.25, 0.3) is 0 Å². The second-order valence-corrected chi connectivity index (χ2v) is 5.24. The van der Waals surface area contributed by atoms with E-state index in [0.717, 1.165) is 12.1 Å². The molecule has 0 aliphatic heterocycles. The van der Waals surface area contributed by atoms with Crippen molar-refractivity contribution in [3.05, 3.63) is 57.9 Å². The van der Waals surface area contributed by atoms with Crippen molar-refractivity contribution in [1.82, 2.24) is 4.98 Å². The molecule has 0 saturated carbocycles. The maximum Gasteiger partial charge on any atom is 0.306 e. The fraction of sp³-hybridized carbons (Fsp3) is 0.0625. The zero-order valence-corrected chi connectivity index (χ0v) is 12.6. The van der Waals surface area contributed by atoms with Crippen LogP contribution in [0.4, 0.5) is 21.5 Å². The zero-order chi connectivity index (χ0) is 17.4. The van der Waals surface area contributed by atoms with Gasteiger partial charge in [-0.15, -0.1) is 0 Å². The highest BCUT2D eigenvalue weighted by Gasteiger charge is 2.16. The molecule has 0 bridgehead atoms. The average Bonchev–Trinajstić information content (AvgIpc) is 2.84. The molecule has 0 amide bonds. The number of halogens is 1. The van der Waals surface area contributed by atoms with Gasteiger partial charge in [0.05, 0.1) is 21.9 Å². The van der Waals surface area contributed by atoms with Crippen molar-refractivity contribution in [2.24, 2.45) is 4.99 Å². The molecule has 8 heteroatoms. The maximum atomic E-state index is 13.4. The van der Waals surface area contributed by atoms with E-state index < -0.39 is 16.4 Å². The molecule has 0 fully saturated rings. The molecule has 2 aromatic carbocycles. The number of fused-ring (bicyclic) bond motifs is 1. The Morgan fingerprint density at radius 1 is 1.33 bits per heavy atom. The summed E-state index contributed by atoms with van der Waals surface area (Å²) >= 11 is 0. The van der Waals surface area contributed by atoms with Gasteiger partial charge >= 0.3 is 5.69 Å². The van der Waals surface area contributed by atoms with Crippen LogP contribution in [-0.4, -0.2) is 20.7 Å². The van der Waals surface area contributed by atoms with Gasteiger partial charge in [-0.2, -0.15) is 4.39 Å². The summed E-state index contributed by atoms with van der Waals surface area (Å²) in [6.45, 7) is 1.64. The molecule has 4 N–H and O–H groups in total. The van der Waals surface area contributed by atoms with E-state index in [4.69, 9.17) is 5.73 Å². The molecule has 0 aliphatic rings. The van der Waals surface area contributed by atoms with Crippen LogP contribution in [0.5, 0.6) is 5.88 Å². The van der Waals surface area contributed by atoms with Crippen molar-refractivity contribution in [2.45, 2.75) is 6.92 Å². The number of aliphatic imine (C=N–C) groups is 1. The lowest BCUT2D eigenvalue weighted by molar-refractivity contribution is -0.387. The molecule has 3 rings (SSSR count). The Labute approximate surface area is 135 Å². The van der Waals surface area contributed by atoms with Gasteiger partial charge in [-0.25, -0.2) is 0 Å². The summed E-state index contributed by atoms with van der Waals surface area (Å²) in [6.07, 6.45) is 0. The van der Waals surface area contributed by atoms with Crippen LogP contribution >= 0.6 is 0 Å². The summed E-state index contributed by atoms with van der Waals surface area (Å²) in [7, 11) is 0. The molecule has 0 unspecified atom stereocenters. The molecule has 7 nitrogen and oxygen atoms in total. The summed E-state index contributed by atoms with van der Waals surface area (Å²) in [6, 6.07) is 8.46. The van der Waals surface area contributed by atoms with E-state index in [1.807, 2.05) is 0 Å². The molecule has 0 atom stereocenters. The van der Waals surface area contributed by atoms with Gasteiger partial charge in [-0.3, -0.25) is 15.1 Å². The van der Waals surface area contributed by atoms with Crippen LogP contribution in [-0.2, 0) is 0 Å². The summed E-state index contributed by atoms with van der Waals surface area (Å²) < 4.78 is 13.4. The Morgan fingerprint density at radius 3 is 2.79 bits per heavy atom. The number of anilines is 1. The van der Waals surface area contributed by atoms with E-state index in [1.165, 1.54) is 6.07 Å². The first-order chi connectivity index (χ1) is 11.4. The summed E-state index contributed by atoms with van der Waals surface area (Å²) in [5.41, 5.74) is 7.36. The fourth-order valence-electron chi connectivity index (χ4n) is 2.52. The van der Waals surface area contributed by atoms with Crippen LogP contribution in [0.3, 0.4) is 0 Å². The van der Waals surface area contributed by atoms with Crippen molar-refractivity contribution in [2.75, 3.05) is 5.73 Å². The number of H-pyrrole nitrogens is 1. The lowest BCUT2D eigenvalue weighted by atomic mass is 10.1. The minimum absolute atomic E-state index is 0.0894. The third-order valence-electron chi connectivity index (χ3n) is 3.59. The number of nitrogens with zero attached hydrogens (tertiary/aromatic N) is 2. The molecule has 3 aromatic rings. The van der Waals surface area contributed by atoms with Crippen molar-refractivity contribution in [1.29, 1.82) is 0 Å². The number of benzene rings is 2. The maximum absolute atomic E-state index is 13.4. The number of hydrogen-bond acceptors (Lipinski definition) is 5. The minimum Gasteiger partial charge on any atom is -0.494 e. The monoisotopic (exact) mass is 328 g/mol. The SMILES string of the molecule is CC(=Nc1ccc(F)c([N+](=O)[O-])c1)c1c(O)[nH]c2ccc(N)cc12. The third kappa shape index (κ3) is 2.65. The van der Waals surface area contributed by atoms with Crippen LogP contribution in [0.25, 0.3) is 10.9 Å². The van der Waals surface area contributed by atoms with Gasteiger partial charge in [0.15, 0.2) is 5.88 Å². The van der Waals surface area contributed by atoms with Gasteiger partial charge in [-0.1, -0.05) is 0 Å². The third-order valence-corrected chi connectivity index (χ3v) is 3.59. The Balaban J connectivity index is 2.12. The summed E-state index contributed by atoms with van der Waals surface area (Å²) in [5.74, 6) is -1.02. The minimum atomic E-state index is -0.931. The first-order valence-electron chi connectivity index (χ1n) is 6.96. The lowest BCUT2D eigenvalue weighted by Crippen LogP contribution is -1.95. The number of nitro groups is 1. The van der Waals surface area contributed by atoms with Gasteiger partial charge in [0, 0.05) is 22.7 Å². The number of nitrogens with one attached hydrogen (secondary N) is 1. The van der Waals surface area contributed by atoms with Crippen molar-refractivity contribution < 1.29 is 14.4 Å². The molecular formula is C16H13FN4O3. The molecule has 0 radical (unpaired) electrons. The average molecular weight is 328 g/mol. The van der Waals surface area contributed by atoms with Gasteiger partial charge in [0.2, 0.25) is 5.82 Å². The van der Waals surface area contributed by atoms with Crippen LogP contribution in [0.1, 0.15) is 12.5 Å². The van der Waals surface area contributed by atoms with E-state index in [1.54, 1.807) is 25.1 Å².